The van der Waals surface area contributed by atoms with Gasteiger partial charge in [-0.05, 0) is 12.8 Å². The fraction of sp³-hybridized carbons (Fsp3) is 0.250. The van der Waals surface area contributed by atoms with Gasteiger partial charge in [0.05, 0.1) is 21.4 Å². The van der Waals surface area contributed by atoms with Crippen molar-refractivity contribution in [2.24, 2.45) is 0 Å². The van der Waals surface area contributed by atoms with E-state index in [0.29, 0.717) is 0 Å². The molecular weight excluding hydrogens is 314 g/mol. The maximum absolute atomic E-state index is 11.1. The second-order valence-electron chi connectivity index (χ2n) is 4.18. The summed E-state index contributed by atoms with van der Waals surface area (Å²) >= 11 is 0. The summed E-state index contributed by atoms with van der Waals surface area (Å²) in [5.74, 6) is -0.715. The van der Waals surface area contributed by atoms with Crippen LogP contribution < -0.4 is 0 Å². The zero-order valence-corrected chi connectivity index (χ0v) is 11.7. The minimum atomic E-state index is -1.03. The predicted octanol–water partition coefficient (Wildman–Crippen LogP) is 2.07. The molecule has 1 aromatic rings. The van der Waals surface area contributed by atoms with Crippen molar-refractivity contribution < 1.29 is 24.3 Å². The van der Waals surface area contributed by atoms with Crippen molar-refractivity contribution in [2.75, 3.05) is 6.61 Å². The van der Waals surface area contributed by atoms with E-state index in [4.69, 9.17) is 0 Å². The van der Waals surface area contributed by atoms with Crippen LogP contribution in [0.3, 0.4) is 0 Å². The van der Waals surface area contributed by atoms with E-state index < -0.39 is 37.8 Å². The van der Waals surface area contributed by atoms with E-state index in [2.05, 4.69) is 11.3 Å². The minimum absolute atomic E-state index is 0.0163. The first-order chi connectivity index (χ1) is 10.8. The van der Waals surface area contributed by atoms with Crippen LogP contribution in [0, 0.1) is 30.3 Å². The fourth-order valence-electron chi connectivity index (χ4n) is 1.86. The third kappa shape index (κ3) is 4.30. The Morgan fingerprint density at radius 3 is 2.13 bits per heavy atom. The van der Waals surface area contributed by atoms with Crippen LogP contribution >= 0.6 is 0 Å². The van der Waals surface area contributed by atoms with Crippen LogP contribution in [0.1, 0.15) is 12.0 Å². The number of hydrogen-bond donors (Lipinski definition) is 0. The molecule has 0 bridgehead atoms. The molecule has 0 fully saturated rings. The molecule has 0 spiro atoms. The molecule has 0 amide bonds. The van der Waals surface area contributed by atoms with E-state index in [9.17, 15) is 35.1 Å². The summed E-state index contributed by atoms with van der Waals surface area (Å²) in [6.45, 7) is 3.01. The zero-order valence-electron chi connectivity index (χ0n) is 11.7. The highest BCUT2D eigenvalue weighted by molar-refractivity contribution is 5.81. The number of carbonyl (C=O) groups is 1. The molecule has 0 radical (unpaired) electrons. The number of nitrogens with zero attached hydrogens (tertiary/aromatic N) is 3. The Balaban J connectivity index is 3.19. The Kier molecular flexibility index (Phi) is 5.83. The molecule has 0 atom stereocenters. The van der Waals surface area contributed by atoms with E-state index in [0.717, 1.165) is 18.2 Å². The molecule has 1 aromatic carbocycles. The minimum Gasteiger partial charge on any atom is -0.463 e. The number of carbonyl (C=O) groups excluding carboxylic acids is 1. The number of nitro benzene ring substituents is 3. The molecule has 0 aromatic heterocycles. The van der Waals surface area contributed by atoms with E-state index >= 15 is 0 Å². The first-order valence-electron chi connectivity index (χ1n) is 6.17. The molecule has 0 aliphatic carbocycles. The molecule has 0 heterocycles. The highest BCUT2D eigenvalue weighted by Gasteiger charge is 2.34. The fourth-order valence-corrected chi connectivity index (χ4v) is 1.86. The van der Waals surface area contributed by atoms with Gasteiger partial charge in [-0.2, -0.15) is 0 Å². The lowest BCUT2D eigenvalue weighted by Gasteiger charge is -2.05. The number of hydrogen-bond acceptors (Lipinski definition) is 8. The summed E-state index contributed by atoms with van der Waals surface area (Å²) in [6.07, 6.45) is 0.694. The lowest BCUT2D eigenvalue weighted by molar-refractivity contribution is -0.425. The topological polar surface area (TPSA) is 156 Å². The summed E-state index contributed by atoms with van der Waals surface area (Å²) in [6, 6.07) is 1.56. The van der Waals surface area contributed by atoms with Crippen molar-refractivity contribution in [1.82, 2.24) is 0 Å². The van der Waals surface area contributed by atoms with Gasteiger partial charge in [0.25, 0.3) is 5.69 Å². The van der Waals surface area contributed by atoms with Gasteiger partial charge in [0.15, 0.2) is 0 Å². The standard InChI is InChI=1S/C12H11N3O8/c1-2-11(16)23-7-3-4-8-9(13(17)18)5-6-10(14(19)20)12(8)15(21)22/h2,5-6H,1,3-4,7H2. The van der Waals surface area contributed by atoms with Crippen molar-refractivity contribution in [3.05, 3.63) is 60.7 Å². The Bertz CT molecular complexity index is 685. The van der Waals surface area contributed by atoms with Gasteiger partial charge in [-0.25, -0.2) is 4.79 Å². The number of nitro groups is 3. The average Bonchev–Trinajstić information content (AvgIpc) is 2.49. The van der Waals surface area contributed by atoms with Gasteiger partial charge in [0.2, 0.25) is 0 Å². The third-order valence-electron chi connectivity index (χ3n) is 2.79. The molecule has 0 N–H and O–H groups in total. The first-order valence-corrected chi connectivity index (χ1v) is 6.17. The SMILES string of the molecule is C=CC(=O)OCCCc1c([N+](=O)[O-])ccc([N+](=O)[O-])c1[N+](=O)[O-]. The quantitative estimate of drug-likeness (QED) is 0.231. The van der Waals surface area contributed by atoms with Crippen molar-refractivity contribution in [1.29, 1.82) is 0 Å². The number of esters is 1. The molecular formula is C12H11N3O8. The molecule has 1 rings (SSSR count). The van der Waals surface area contributed by atoms with Crippen LogP contribution in [-0.2, 0) is 16.0 Å². The van der Waals surface area contributed by atoms with Gasteiger partial charge >= 0.3 is 17.3 Å². The van der Waals surface area contributed by atoms with Gasteiger partial charge in [-0.15, -0.1) is 0 Å². The Labute approximate surface area is 128 Å². The summed E-state index contributed by atoms with van der Waals surface area (Å²) in [7, 11) is 0. The van der Waals surface area contributed by atoms with E-state index in [1.54, 1.807) is 0 Å². The lowest BCUT2D eigenvalue weighted by Crippen LogP contribution is -2.07. The van der Waals surface area contributed by atoms with Crippen LogP contribution in [0.2, 0.25) is 0 Å². The van der Waals surface area contributed by atoms with Crippen LogP contribution in [-0.4, -0.2) is 27.3 Å². The second kappa shape index (κ2) is 7.59. The van der Waals surface area contributed by atoms with Gasteiger partial charge in [-0.3, -0.25) is 30.3 Å². The van der Waals surface area contributed by atoms with E-state index in [-0.39, 0.29) is 25.0 Å². The van der Waals surface area contributed by atoms with Crippen molar-refractivity contribution >= 4 is 23.0 Å². The number of ether oxygens (including phenoxy) is 1. The zero-order chi connectivity index (χ0) is 17.6. The van der Waals surface area contributed by atoms with Crippen molar-refractivity contribution in [3.8, 4) is 0 Å². The predicted molar refractivity (Wildman–Crippen MR) is 75.9 cm³/mol. The van der Waals surface area contributed by atoms with Gasteiger partial charge < -0.3 is 4.74 Å². The largest absolute Gasteiger partial charge is 0.463 e. The summed E-state index contributed by atoms with van der Waals surface area (Å²) in [5, 5.41) is 32.9. The molecule has 0 saturated heterocycles. The summed E-state index contributed by atoms with van der Waals surface area (Å²) in [5.41, 5.74) is -2.75. The summed E-state index contributed by atoms with van der Waals surface area (Å²) < 4.78 is 4.66. The molecule has 0 aliphatic rings. The highest BCUT2D eigenvalue weighted by Crippen LogP contribution is 2.37. The summed E-state index contributed by atoms with van der Waals surface area (Å²) in [4.78, 5) is 40.9. The Hall–Kier alpha value is -3.37. The maximum Gasteiger partial charge on any atom is 0.356 e. The molecule has 0 saturated carbocycles. The molecule has 0 unspecified atom stereocenters. The maximum atomic E-state index is 11.1. The molecule has 0 aliphatic heterocycles. The van der Waals surface area contributed by atoms with Crippen molar-refractivity contribution in [3.63, 3.8) is 0 Å². The third-order valence-corrected chi connectivity index (χ3v) is 2.79. The van der Waals surface area contributed by atoms with Crippen molar-refractivity contribution in [2.45, 2.75) is 12.8 Å². The van der Waals surface area contributed by atoms with Gasteiger partial charge in [-0.1, -0.05) is 6.58 Å². The molecule has 11 heteroatoms. The monoisotopic (exact) mass is 325 g/mol. The van der Waals surface area contributed by atoms with E-state index in [1.807, 2.05) is 0 Å². The van der Waals surface area contributed by atoms with Gasteiger partial charge in [0.1, 0.15) is 5.56 Å². The molecule has 122 valence electrons. The normalized spacial score (nSPS) is 9.91. The van der Waals surface area contributed by atoms with Crippen LogP contribution in [0.25, 0.3) is 0 Å². The molecule has 23 heavy (non-hydrogen) atoms. The number of benzene rings is 1. The first kappa shape index (κ1) is 17.7. The second-order valence-corrected chi connectivity index (χ2v) is 4.18. The average molecular weight is 325 g/mol. The van der Waals surface area contributed by atoms with Crippen LogP contribution in [0.5, 0.6) is 0 Å². The number of rotatable bonds is 8. The highest BCUT2D eigenvalue weighted by atomic mass is 16.6. The Morgan fingerprint density at radius 2 is 1.65 bits per heavy atom. The Morgan fingerprint density at radius 1 is 1.09 bits per heavy atom. The molecule has 11 nitrogen and oxygen atoms in total. The smallest absolute Gasteiger partial charge is 0.356 e. The van der Waals surface area contributed by atoms with Crippen LogP contribution in [0.4, 0.5) is 17.1 Å². The van der Waals surface area contributed by atoms with Gasteiger partial charge in [0, 0.05) is 18.2 Å². The van der Waals surface area contributed by atoms with E-state index in [1.165, 1.54) is 0 Å². The lowest BCUT2D eigenvalue weighted by atomic mass is 10.0. The van der Waals surface area contributed by atoms with Crippen LogP contribution in [0.15, 0.2) is 24.8 Å².